The molecule has 0 N–H and O–H groups in total. The van der Waals surface area contributed by atoms with Gasteiger partial charge in [-0.15, -0.1) is 0 Å². The number of rotatable bonds is 14. The van der Waals surface area contributed by atoms with Gasteiger partial charge in [-0.25, -0.2) is 0 Å². The topological polar surface area (TPSA) is 0 Å². The Morgan fingerprint density at radius 1 is 0.106 bits per heavy atom. The van der Waals surface area contributed by atoms with Gasteiger partial charge in [-0.3, -0.25) is 0 Å². The van der Waals surface area contributed by atoms with Gasteiger partial charge in [0.15, 0.2) is 0 Å². The normalized spacial score (nSPS) is 11.1. The number of hydrogen-bond acceptors (Lipinski definition) is 0. The predicted octanol–water partition coefficient (Wildman–Crippen LogP) is 23.3. The Morgan fingerprint density at radius 2 is 0.235 bits per heavy atom. The summed E-state index contributed by atoms with van der Waals surface area (Å²) in [5.74, 6) is 0. The quantitative estimate of drug-likeness (QED) is 0.102. The molecule has 400 valence electrons. The van der Waals surface area contributed by atoms with Gasteiger partial charge in [0.25, 0.3) is 0 Å². The molecule has 0 radical (unpaired) electrons. The average molecular weight is 1080 g/mol. The molecule has 0 heteroatoms. The Bertz CT molecular complexity index is 4060. The largest absolute Gasteiger partial charge is 0.0622 e. The minimum absolute atomic E-state index is 0.719. The van der Waals surface area contributed by atoms with Gasteiger partial charge < -0.3 is 0 Å². The molecule has 0 aliphatic carbocycles. The van der Waals surface area contributed by atoms with Crippen molar-refractivity contribution < 1.29 is 0 Å². The lowest BCUT2D eigenvalue weighted by Gasteiger charge is -2.16. The maximum Gasteiger partial charge on any atom is -0.00249 e. The van der Waals surface area contributed by atoms with Crippen molar-refractivity contribution in [3.63, 3.8) is 0 Å². The van der Waals surface area contributed by atoms with Crippen molar-refractivity contribution in [3.8, 4) is 134 Å². The highest BCUT2D eigenvalue weighted by atomic mass is 14.2. The summed E-state index contributed by atoms with van der Waals surface area (Å²) in [5.41, 5.74) is 31.0. The van der Waals surface area contributed by atoms with Crippen LogP contribution in [0.2, 0.25) is 0 Å². The summed E-state index contributed by atoms with van der Waals surface area (Å²) < 4.78 is 0. The van der Waals surface area contributed by atoms with Crippen LogP contribution in [0.4, 0.5) is 0 Å². The molecule has 0 bridgehead atoms. The fourth-order valence-electron chi connectivity index (χ4n) is 12.0. The van der Waals surface area contributed by atoms with Crippen LogP contribution in [0.15, 0.2) is 352 Å². The first-order valence-corrected chi connectivity index (χ1v) is 29.4. The molecule has 0 aromatic heterocycles. The van der Waals surface area contributed by atoms with Gasteiger partial charge in [0.2, 0.25) is 0 Å². The van der Waals surface area contributed by atoms with Crippen molar-refractivity contribution in [3.05, 3.63) is 363 Å². The van der Waals surface area contributed by atoms with E-state index in [1.165, 1.54) is 145 Å². The van der Waals surface area contributed by atoms with E-state index in [-0.39, 0.29) is 0 Å². The Labute approximate surface area is 500 Å². The first-order chi connectivity index (χ1) is 42.0. The van der Waals surface area contributed by atoms with E-state index < -0.39 is 0 Å². The second kappa shape index (κ2) is 23.9. The first kappa shape index (κ1) is 52.2. The summed E-state index contributed by atoms with van der Waals surface area (Å²) in [7, 11) is 0. The van der Waals surface area contributed by atoms with Crippen LogP contribution >= 0.6 is 0 Å². The van der Waals surface area contributed by atoms with E-state index in [0.29, 0.717) is 0 Å². The zero-order valence-corrected chi connectivity index (χ0v) is 47.2. The Morgan fingerprint density at radius 3 is 0.412 bits per heavy atom. The lowest BCUT2D eigenvalue weighted by atomic mass is 9.89. The van der Waals surface area contributed by atoms with E-state index in [0.717, 1.165) is 6.42 Å². The molecular formula is C85H60. The minimum atomic E-state index is 0.719. The van der Waals surface area contributed by atoms with Gasteiger partial charge in [-0.1, -0.05) is 291 Å². The van der Waals surface area contributed by atoms with Crippen LogP contribution in [0.5, 0.6) is 0 Å². The van der Waals surface area contributed by atoms with E-state index in [2.05, 4.69) is 352 Å². The molecule has 0 amide bonds. The lowest BCUT2D eigenvalue weighted by Crippen LogP contribution is -1.94. The molecule has 0 heterocycles. The Balaban J connectivity index is 0.891. The Kier molecular flexibility index (Phi) is 14.7. The van der Waals surface area contributed by atoms with Crippen molar-refractivity contribution in [1.29, 1.82) is 0 Å². The average Bonchev–Trinajstić information content (AvgIpc) is 3.72. The van der Waals surface area contributed by atoms with E-state index in [1.807, 2.05) is 0 Å². The summed E-state index contributed by atoms with van der Waals surface area (Å²) in [6, 6.07) is 129. The van der Waals surface area contributed by atoms with Crippen molar-refractivity contribution in [2.45, 2.75) is 6.42 Å². The van der Waals surface area contributed by atoms with Gasteiger partial charge in [0, 0.05) is 0 Å². The number of hydrogen-bond donors (Lipinski definition) is 0. The summed E-state index contributed by atoms with van der Waals surface area (Å²) in [6.45, 7) is 0. The van der Waals surface area contributed by atoms with E-state index >= 15 is 0 Å². The van der Waals surface area contributed by atoms with E-state index in [4.69, 9.17) is 0 Å². The fraction of sp³-hybridized carbons (Fsp3) is 0.0118. The van der Waals surface area contributed by atoms with E-state index in [1.54, 1.807) is 0 Å². The lowest BCUT2D eigenvalue weighted by molar-refractivity contribution is 1.20. The molecule has 0 spiro atoms. The molecule has 0 nitrogen and oxygen atoms in total. The molecule has 14 aromatic rings. The first-order valence-electron chi connectivity index (χ1n) is 29.4. The summed E-state index contributed by atoms with van der Waals surface area (Å²) in [5, 5.41) is 0. The molecule has 0 atom stereocenters. The third-order valence-corrected chi connectivity index (χ3v) is 16.4. The zero-order valence-electron chi connectivity index (χ0n) is 47.2. The van der Waals surface area contributed by atoms with Crippen LogP contribution in [-0.2, 0) is 6.42 Å². The minimum Gasteiger partial charge on any atom is -0.0622 e. The van der Waals surface area contributed by atoms with Crippen LogP contribution in [0, 0.1) is 0 Å². The molecule has 0 aliphatic rings. The summed E-state index contributed by atoms with van der Waals surface area (Å²) in [6.07, 6.45) is 0.719. The van der Waals surface area contributed by atoms with Crippen molar-refractivity contribution >= 4 is 0 Å². The van der Waals surface area contributed by atoms with Gasteiger partial charge in [-0.2, -0.15) is 0 Å². The van der Waals surface area contributed by atoms with Gasteiger partial charge in [0.05, 0.1) is 0 Å². The smallest absolute Gasteiger partial charge is 0.00249 e. The predicted molar refractivity (Wildman–Crippen MR) is 361 cm³/mol. The maximum atomic E-state index is 2.42. The third kappa shape index (κ3) is 11.8. The zero-order chi connectivity index (χ0) is 56.7. The SMILES string of the molecule is c1ccc(-c2cccc(-c3cccc(-c4cc(Cc5cc(-c6cccc(-c7cccc(-c8ccccc8)c7)c6)cc(-c6cccc(-c7cccc(-c8ccccc8)c7)c6)c5)cc(-c5cccc(-c6cccc(-c7ccccc7)c6)c5)c4)c3)c2)cc1. The van der Waals surface area contributed by atoms with Crippen molar-refractivity contribution in [2.24, 2.45) is 0 Å². The van der Waals surface area contributed by atoms with E-state index in [9.17, 15) is 0 Å². The molecule has 14 rings (SSSR count). The van der Waals surface area contributed by atoms with Crippen molar-refractivity contribution in [1.82, 2.24) is 0 Å². The molecule has 0 aliphatic heterocycles. The summed E-state index contributed by atoms with van der Waals surface area (Å²) in [4.78, 5) is 0. The van der Waals surface area contributed by atoms with Crippen LogP contribution < -0.4 is 0 Å². The molecule has 0 fully saturated rings. The fourth-order valence-corrected chi connectivity index (χ4v) is 12.0. The number of benzene rings is 14. The van der Waals surface area contributed by atoms with Crippen LogP contribution in [-0.4, -0.2) is 0 Å². The highest BCUT2D eigenvalue weighted by Gasteiger charge is 2.15. The summed E-state index contributed by atoms with van der Waals surface area (Å²) >= 11 is 0. The van der Waals surface area contributed by atoms with Crippen LogP contribution in [0.3, 0.4) is 0 Å². The highest BCUT2D eigenvalue weighted by Crippen LogP contribution is 2.39. The second-order valence-corrected chi connectivity index (χ2v) is 22.1. The maximum absolute atomic E-state index is 2.42. The highest BCUT2D eigenvalue weighted by molar-refractivity contribution is 5.85. The molecular weight excluding hydrogens is 1020 g/mol. The van der Waals surface area contributed by atoms with Crippen LogP contribution in [0.25, 0.3) is 134 Å². The monoisotopic (exact) mass is 1080 g/mol. The molecule has 0 saturated carbocycles. The van der Waals surface area contributed by atoms with Gasteiger partial charge >= 0.3 is 0 Å². The second-order valence-electron chi connectivity index (χ2n) is 22.1. The van der Waals surface area contributed by atoms with Gasteiger partial charge in [-0.05, 0) is 212 Å². The van der Waals surface area contributed by atoms with Crippen molar-refractivity contribution in [2.75, 3.05) is 0 Å². The van der Waals surface area contributed by atoms with Gasteiger partial charge in [0.1, 0.15) is 0 Å². The Hall–Kier alpha value is -10.9. The molecule has 0 saturated heterocycles. The standard InChI is InChI=1S/C85H60/c1-5-21-62(22-6-1)66-29-13-33-70(50-66)74-37-17-41-78(54-74)82-46-60(47-83(58-82)79-42-18-38-75(55-79)71-34-14-30-67(51-71)63-23-7-2-8-24-63)45-61-48-84(80-43-19-39-76(56-80)72-35-15-31-68(52-72)64-25-9-3-10-26-64)59-85(49-61)81-44-20-40-77(57-81)73-36-16-32-69(53-73)65-27-11-4-12-28-65/h1-44,46-59H,45H2. The third-order valence-electron chi connectivity index (χ3n) is 16.4. The molecule has 14 aromatic carbocycles. The van der Waals surface area contributed by atoms with Crippen LogP contribution in [0.1, 0.15) is 11.1 Å². The molecule has 0 unspecified atom stereocenters. The molecule has 85 heavy (non-hydrogen) atoms.